The number of hydrogen-bond donors (Lipinski definition) is 0. The molecule has 2 aliphatic rings. The molecule has 2 atom stereocenters. The number of ether oxygens (including phenoxy) is 1. The van der Waals surface area contributed by atoms with E-state index in [9.17, 15) is 4.79 Å². The fourth-order valence-electron chi connectivity index (χ4n) is 4.50. The van der Waals surface area contributed by atoms with Gasteiger partial charge in [-0.1, -0.05) is 41.6 Å². The Balaban J connectivity index is 1.37. The quantitative estimate of drug-likeness (QED) is 0.656. The molecule has 1 aliphatic heterocycles. The molecule has 29 heavy (non-hydrogen) atoms. The van der Waals surface area contributed by atoms with Gasteiger partial charge in [-0.15, -0.1) is 0 Å². The van der Waals surface area contributed by atoms with Gasteiger partial charge in [0.25, 0.3) is 0 Å². The Kier molecular flexibility index (Phi) is 4.54. The van der Waals surface area contributed by atoms with Gasteiger partial charge in [-0.05, 0) is 43.0 Å². The summed E-state index contributed by atoms with van der Waals surface area (Å²) in [5.74, 6) is 1.84. The molecule has 0 spiro atoms. The minimum Gasteiger partial charge on any atom is -0.493 e. The standard InChI is InChI=1S/C23H23N3O3/c1-2-28-20-10-6-5-9-18(20)22-24-23(29-25-22)16-13-21(27)26(14-16)19-12-11-15-7-3-4-8-17(15)19/h3-10,16,19H,2,11-14H2,1H3. The summed E-state index contributed by atoms with van der Waals surface area (Å²) in [6.07, 6.45) is 2.41. The first-order valence-corrected chi connectivity index (χ1v) is 10.2. The van der Waals surface area contributed by atoms with Crippen LogP contribution in [0.4, 0.5) is 0 Å². The molecular weight excluding hydrogens is 366 g/mol. The van der Waals surface area contributed by atoms with Crippen molar-refractivity contribution < 1.29 is 14.1 Å². The van der Waals surface area contributed by atoms with Gasteiger partial charge in [0, 0.05) is 13.0 Å². The van der Waals surface area contributed by atoms with E-state index in [-0.39, 0.29) is 17.9 Å². The van der Waals surface area contributed by atoms with Gasteiger partial charge in [0.1, 0.15) is 5.75 Å². The first kappa shape index (κ1) is 17.9. The summed E-state index contributed by atoms with van der Waals surface area (Å²) < 4.78 is 11.2. The van der Waals surface area contributed by atoms with Crippen molar-refractivity contribution in [3.8, 4) is 17.1 Å². The molecule has 0 N–H and O–H groups in total. The van der Waals surface area contributed by atoms with Gasteiger partial charge < -0.3 is 14.2 Å². The SMILES string of the molecule is CCOc1ccccc1-c1noc(C2CC(=O)N(C3CCc4ccccc43)C2)n1. The van der Waals surface area contributed by atoms with Crippen LogP contribution in [0.2, 0.25) is 0 Å². The molecule has 0 saturated carbocycles. The molecule has 2 heterocycles. The van der Waals surface area contributed by atoms with Crippen molar-refractivity contribution in [2.24, 2.45) is 0 Å². The zero-order valence-electron chi connectivity index (χ0n) is 16.4. The number of carbonyl (C=O) groups excluding carboxylic acids is 1. The zero-order chi connectivity index (χ0) is 19.8. The van der Waals surface area contributed by atoms with Crippen LogP contribution in [0.15, 0.2) is 53.1 Å². The summed E-state index contributed by atoms with van der Waals surface area (Å²) >= 11 is 0. The van der Waals surface area contributed by atoms with Crippen LogP contribution in [-0.4, -0.2) is 34.1 Å². The molecule has 2 aromatic carbocycles. The van der Waals surface area contributed by atoms with Gasteiger partial charge in [0.05, 0.1) is 24.1 Å². The number of hydrogen-bond acceptors (Lipinski definition) is 5. The second kappa shape index (κ2) is 7.35. The number of aryl methyl sites for hydroxylation is 1. The maximum Gasteiger partial charge on any atom is 0.232 e. The molecule has 0 bridgehead atoms. The van der Waals surface area contributed by atoms with Crippen LogP contribution in [0, 0.1) is 0 Å². The van der Waals surface area contributed by atoms with E-state index in [0.29, 0.717) is 31.3 Å². The van der Waals surface area contributed by atoms with Crippen molar-refractivity contribution in [1.29, 1.82) is 0 Å². The van der Waals surface area contributed by atoms with Crippen molar-refractivity contribution in [2.45, 2.75) is 38.1 Å². The molecular formula is C23H23N3O3. The summed E-state index contributed by atoms with van der Waals surface area (Å²) in [5.41, 5.74) is 3.43. The van der Waals surface area contributed by atoms with Crippen LogP contribution >= 0.6 is 0 Å². The number of carbonyl (C=O) groups is 1. The van der Waals surface area contributed by atoms with E-state index in [1.54, 1.807) is 0 Å². The average molecular weight is 389 g/mol. The maximum atomic E-state index is 12.8. The molecule has 1 fully saturated rings. The Labute approximate surface area is 169 Å². The highest BCUT2D eigenvalue weighted by Gasteiger charge is 2.40. The summed E-state index contributed by atoms with van der Waals surface area (Å²) in [4.78, 5) is 19.4. The van der Waals surface area contributed by atoms with Gasteiger partial charge in [0.15, 0.2) is 0 Å². The summed E-state index contributed by atoms with van der Waals surface area (Å²) in [7, 11) is 0. The normalized spacial score (nSPS) is 20.9. The molecule has 3 aromatic rings. The van der Waals surface area contributed by atoms with E-state index in [4.69, 9.17) is 9.26 Å². The van der Waals surface area contributed by atoms with Gasteiger partial charge in [-0.2, -0.15) is 4.98 Å². The molecule has 5 rings (SSSR count). The van der Waals surface area contributed by atoms with Crippen molar-refractivity contribution in [3.63, 3.8) is 0 Å². The summed E-state index contributed by atoms with van der Waals surface area (Å²) in [6, 6.07) is 16.2. The fraction of sp³-hybridized carbons (Fsp3) is 0.348. The second-order valence-corrected chi connectivity index (χ2v) is 7.59. The van der Waals surface area contributed by atoms with Gasteiger partial charge in [-0.3, -0.25) is 4.79 Å². The molecule has 1 saturated heterocycles. The number of likely N-dealkylation sites (tertiary alicyclic amines) is 1. The lowest BCUT2D eigenvalue weighted by Gasteiger charge is -2.25. The number of benzene rings is 2. The largest absolute Gasteiger partial charge is 0.493 e. The highest BCUT2D eigenvalue weighted by molar-refractivity contribution is 5.80. The van der Waals surface area contributed by atoms with Gasteiger partial charge in [-0.25, -0.2) is 0 Å². The van der Waals surface area contributed by atoms with Gasteiger partial charge >= 0.3 is 0 Å². The third-order valence-electron chi connectivity index (χ3n) is 5.85. The van der Waals surface area contributed by atoms with Crippen LogP contribution in [0.5, 0.6) is 5.75 Å². The molecule has 6 nitrogen and oxygen atoms in total. The summed E-state index contributed by atoms with van der Waals surface area (Å²) in [5, 5.41) is 4.16. The third-order valence-corrected chi connectivity index (χ3v) is 5.85. The molecule has 2 unspecified atom stereocenters. The first-order valence-electron chi connectivity index (χ1n) is 10.2. The highest BCUT2D eigenvalue weighted by Crippen LogP contribution is 2.41. The third kappa shape index (κ3) is 3.18. The highest BCUT2D eigenvalue weighted by atomic mass is 16.5. The number of para-hydroxylation sites is 1. The molecule has 1 aliphatic carbocycles. The molecule has 6 heteroatoms. The molecule has 148 valence electrons. The Morgan fingerprint density at radius 3 is 2.90 bits per heavy atom. The predicted octanol–water partition coefficient (Wildman–Crippen LogP) is 4.14. The number of fused-ring (bicyclic) bond motifs is 1. The molecule has 1 amide bonds. The lowest BCUT2D eigenvalue weighted by molar-refractivity contribution is -0.129. The lowest BCUT2D eigenvalue weighted by atomic mass is 10.1. The average Bonchev–Trinajstić information content (AvgIpc) is 3.46. The van der Waals surface area contributed by atoms with Crippen molar-refractivity contribution in [2.75, 3.05) is 13.2 Å². The topological polar surface area (TPSA) is 68.5 Å². The minimum absolute atomic E-state index is 0.0734. The van der Waals surface area contributed by atoms with Crippen molar-refractivity contribution >= 4 is 5.91 Å². The predicted molar refractivity (Wildman–Crippen MR) is 107 cm³/mol. The van der Waals surface area contributed by atoms with E-state index in [1.165, 1.54) is 11.1 Å². The first-order chi connectivity index (χ1) is 14.2. The lowest BCUT2D eigenvalue weighted by Crippen LogP contribution is -2.28. The Bertz CT molecular complexity index is 1050. The fourth-order valence-corrected chi connectivity index (χ4v) is 4.50. The number of rotatable bonds is 5. The zero-order valence-corrected chi connectivity index (χ0v) is 16.4. The number of nitrogens with zero attached hydrogens (tertiary/aromatic N) is 3. The van der Waals surface area contributed by atoms with E-state index in [0.717, 1.165) is 24.2 Å². The van der Waals surface area contributed by atoms with Crippen LogP contribution in [0.1, 0.15) is 48.7 Å². The van der Waals surface area contributed by atoms with Gasteiger partial charge in [0.2, 0.25) is 17.6 Å². The van der Waals surface area contributed by atoms with E-state index < -0.39 is 0 Å². The summed E-state index contributed by atoms with van der Waals surface area (Å²) in [6.45, 7) is 3.13. The maximum absolute atomic E-state index is 12.8. The Morgan fingerprint density at radius 2 is 2.00 bits per heavy atom. The molecule has 1 aromatic heterocycles. The van der Waals surface area contributed by atoms with Crippen LogP contribution in [0.25, 0.3) is 11.4 Å². The Hall–Kier alpha value is -3.15. The van der Waals surface area contributed by atoms with E-state index in [1.807, 2.05) is 36.1 Å². The minimum atomic E-state index is -0.0734. The number of amides is 1. The smallest absolute Gasteiger partial charge is 0.232 e. The van der Waals surface area contributed by atoms with Crippen LogP contribution < -0.4 is 4.74 Å². The monoisotopic (exact) mass is 389 g/mol. The van der Waals surface area contributed by atoms with Crippen LogP contribution in [-0.2, 0) is 11.2 Å². The van der Waals surface area contributed by atoms with Crippen LogP contribution in [0.3, 0.4) is 0 Å². The van der Waals surface area contributed by atoms with E-state index >= 15 is 0 Å². The van der Waals surface area contributed by atoms with Crippen molar-refractivity contribution in [1.82, 2.24) is 15.0 Å². The molecule has 0 radical (unpaired) electrons. The van der Waals surface area contributed by atoms with Crippen molar-refractivity contribution in [3.05, 3.63) is 65.5 Å². The Morgan fingerprint density at radius 1 is 1.17 bits per heavy atom. The van der Waals surface area contributed by atoms with E-state index in [2.05, 4.69) is 34.4 Å². The second-order valence-electron chi connectivity index (χ2n) is 7.59. The number of aromatic nitrogens is 2.